The maximum atomic E-state index is 12.2. The molecule has 2 N–H and O–H groups in total. The zero-order valence-electron chi connectivity index (χ0n) is 15.9. The van der Waals surface area contributed by atoms with Crippen LogP contribution in [0.25, 0.3) is 0 Å². The van der Waals surface area contributed by atoms with Crippen molar-refractivity contribution in [3.63, 3.8) is 0 Å². The molecule has 2 aromatic rings. The number of alkyl halides is 2. The molecule has 0 spiro atoms. The molecular formula is C21H23F2N3O3. The van der Waals surface area contributed by atoms with Gasteiger partial charge in [0, 0.05) is 31.7 Å². The Balaban J connectivity index is 1.47. The van der Waals surface area contributed by atoms with Gasteiger partial charge in [-0.1, -0.05) is 24.3 Å². The van der Waals surface area contributed by atoms with E-state index in [1.807, 2.05) is 24.3 Å². The summed E-state index contributed by atoms with van der Waals surface area (Å²) in [6, 6.07) is 13.8. The number of carbonyl (C=O) groups is 2. The summed E-state index contributed by atoms with van der Waals surface area (Å²) in [7, 11) is 0. The van der Waals surface area contributed by atoms with E-state index in [2.05, 4.69) is 10.6 Å². The zero-order chi connectivity index (χ0) is 20.6. The molecule has 1 aliphatic heterocycles. The van der Waals surface area contributed by atoms with Gasteiger partial charge in [0.15, 0.2) is 0 Å². The quantitative estimate of drug-likeness (QED) is 0.709. The van der Waals surface area contributed by atoms with E-state index in [0.29, 0.717) is 18.7 Å². The summed E-state index contributed by atoms with van der Waals surface area (Å²) in [5.41, 5.74) is 2.47. The summed E-state index contributed by atoms with van der Waals surface area (Å²) in [4.78, 5) is 25.7. The van der Waals surface area contributed by atoms with Gasteiger partial charge in [0.2, 0.25) is 5.91 Å². The second-order valence-electron chi connectivity index (χ2n) is 6.70. The van der Waals surface area contributed by atoms with Gasteiger partial charge in [0.1, 0.15) is 12.4 Å². The Morgan fingerprint density at radius 3 is 2.41 bits per heavy atom. The lowest BCUT2D eigenvalue weighted by molar-refractivity contribution is -0.117. The van der Waals surface area contributed by atoms with Gasteiger partial charge in [-0.25, -0.2) is 13.6 Å². The van der Waals surface area contributed by atoms with E-state index in [9.17, 15) is 18.4 Å². The summed E-state index contributed by atoms with van der Waals surface area (Å²) in [5.74, 6) is 0.450. The number of hydrogen-bond donors (Lipinski definition) is 2. The van der Waals surface area contributed by atoms with Crippen LogP contribution in [-0.2, 0) is 17.9 Å². The topological polar surface area (TPSA) is 70.7 Å². The molecule has 29 heavy (non-hydrogen) atoms. The van der Waals surface area contributed by atoms with E-state index >= 15 is 0 Å². The van der Waals surface area contributed by atoms with Gasteiger partial charge >= 0.3 is 6.03 Å². The maximum Gasteiger partial charge on any atom is 0.315 e. The van der Waals surface area contributed by atoms with Gasteiger partial charge in [0.25, 0.3) is 6.43 Å². The molecule has 0 saturated carbocycles. The molecule has 1 saturated heterocycles. The predicted molar refractivity (Wildman–Crippen MR) is 105 cm³/mol. The summed E-state index contributed by atoms with van der Waals surface area (Å²) < 4.78 is 29.4. The Morgan fingerprint density at radius 1 is 1.07 bits per heavy atom. The number of nitrogens with one attached hydrogen (secondary N) is 2. The Morgan fingerprint density at radius 2 is 1.76 bits per heavy atom. The van der Waals surface area contributed by atoms with Crippen LogP contribution in [0, 0.1) is 0 Å². The molecule has 0 atom stereocenters. The van der Waals surface area contributed by atoms with Gasteiger partial charge in [0.05, 0.1) is 0 Å². The SMILES string of the molecule is O=C(NCc1cccc(OCC(F)F)c1)NCc1cccc(N2CCCC2=O)c1. The molecule has 3 rings (SSSR count). The largest absolute Gasteiger partial charge is 0.488 e. The van der Waals surface area contributed by atoms with E-state index in [-0.39, 0.29) is 18.5 Å². The maximum absolute atomic E-state index is 12.2. The molecule has 0 unspecified atom stereocenters. The van der Waals surface area contributed by atoms with Crippen molar-refractivity contribution >= 4 is 17.6 Å². The molecule has 0 bridgehead atoms. The normalized spacial score (nSPS) is 13.6. The molecule has 154 valence electrons. The third-order valence-corrected chi connectivity index (χ3v) is 4.48. The molecule has 0 aromatic heterocycles. The molecule has 1 fully saturated rings. The highest BCUT2D eigenvalue weighted by Crippen LogP contribution is 2.22. The molecule has 3 amide bonds. The van der Waals surface area contributed by atoms with Gasteiger partial charge in [-0.15, -0.1) is 0 Å². The highest BCUT2D eigenvalue weighted by atomic mass is 19.3. The second kappa shape index (κ2) is 9.86. The Kier molecular flexibility index (Phi) is 6.99. The Bertz CT molecular complexity index is 861. The minimum absolute atomic E-state index is 0.118. The van der Waals surface area contributed by atoms with Crippen molar-refractivity contribution in [2.45, 2.75) is 32.4 Å². The van der Waals surface area contributed by atoms with Crippen LogP contribution in [0.3, 0.4) is 0 Å². The van der Waals surface area contributed by atoms with Crippen LogP contribution in [0.4, 0.5) is 19.3 Å². The number of hydrogen-bond acceptors (Lipinski definition) is 3. The van der Waals surface area contributed by atoms with Gasteiger partial charge < -0.3 is 20.3 Å². The number of rotatable bonds is 8. The number of carbonyl (C=O) groups excluding carboxylic acids is 2. The van der Waals surface area contributed by atoms with Crippen LogP contribution < -0.4 is 20.3 Å². The summed E-state index contributed by atoms with van der Waals surface area (Å²) in [6.45, 7) is 0.606. The highest BCUT2D eigenvalue weighted by molar-refractivity contribution is 5.95. The first-order valence-electron chi connectivity index (χ1n) is 9.42. The summed E-state index contributed by atoms with van der Waals surface area (Å²) in [6.07, 6.45) is -1.11. The fourth-order valence-corrected chi connectivity index (χ4v) is 3.09. The third kappa shape index (κ3) is 6.17. The number of halogens is 2. The number of urea groups is 1. The molecule has 1 aliphatic rings. The minimum atomic E-state index is -2.54. The molecule has 2 aromatic carbocycles. The highest BCUT2D eigenvalue weighted by Gasteiger charge is 2.21. The standard InChI is InChI=1S/C21H23F2N3O3/c22-19(23)14-29-18-7-2-5-16(11-18)13-25-21(28)24-12-15-4-1-6-17(10-15)26-9-3-8-20(26)27/h1-2,4-7,10-11,19H,3,8-9,12-14H2,(H2,24,25,28). The van der Waals surface area contributed by atoms with Crippen molar-refractivity contribution < 1.29 is 23.1 Å². The van der Waals surface area contributed by atoms with E-state index in [1.165, 1.54) is 0 Å². The second-order valence-corrected chi connectivity index (χ2v) is 6.70. The van der Waals surface area contributed by atoms with Crippen LogP contribution in [0.2, 0.25) is 0 Å². The molecule has 0 aliphatic carbocycles. The lowest BCUT2D eigenvalue weighted by atomic mass is 10.2. The fourth-order valence-electron chi connectivity index (χ4n) is 3.09. The van der Waals surface area contributed by atoms with Crippen molar-refractivity contribution in [1.82, 2.24) is 10.6 Å². The molecule has 1 heterocycles. The first-order valence-corrected chi connectivity index (χ1v) is 9.42. The molecular weight excluding hydrogens is 380 g/mol. The summed E-state index contributed by atoms with van der Waals surface area (Å²) in [5, 5.41) is 5.49. The van der Waals surface area contributed by atoms with E-state index in [4.69, 9.17) is 4.74 Å². The number of ether oxygens (including phenoxy) is 1. The number of benzene rings is 2. The van der Waals surface area contributed by atoms with Crippen LogP contribution >= 0.6 is 0 Å². The van der Waals surface area contributed by atoms with Crippen LogP contribution in [0.1, 0.15) is 24.0 Å². The Hall–Kier alpha value is -3.16. The van der Waals surface area contributed by atoms with E-state index < -0.39 is 13.0 Å². The monoisotopic (exact) mass is 403 g/mol. The van der Waals surface area contributed by atoms with Gasteiger partial charge in [-0.3, -0.25) is 4.79 Å². The first kappa shape index (κ1) is 20.6. The van der Waals surface area contributed by atoms with Crippen LogP contribution in [0.5, 0.6) is 5.75 Å². The lowest BCUT2D eigenvalue weighted by Crippen LogP contribution is -2.34. The predicted octanol–water partition coefficient (Wildman–Crippen LogP) is 3.46. The van der Waals surface area contributed by atoms with Crippen molar-refractivity contribution in [3.8, 4) is 5.75 Å². The van der Waals surface area contributed by atoms with Gasteiger partial charge in [-0.05, 0) is 41.8 Å². The van der Waals surface area contributed by atoms with Crippen LogP contribution in [0.15, 0.2) is 48.5 Å². The summed E-state index contributed by atoms with van der Waals surface area (Å²) >= 11 is 0. The molecule has 6 nitrogen and oxygen atoms in total. The fraction of sp³-hybridized carbons (Fsp3) is 0.333. The van der Waals surface area contributed by atoms with Gasteiger partial charge in [-0.2, -0.15) is 0 Å². The zero-order valence-corrected chi connectivity index (χ0v) is 15.9. The third-order valence-electron chi connectivity index (χ3n) is 4.48. The average molecular weight is 403 g/mol. The van der Waals surface area contributed by atoms with Crippen LogP contribution in [-0.4, -0.2) is 31.5 Å². The van der Waals surface area contributed by atoms with Crippen molar-refractivity contribution in [3.05, 3.63) is 59.7 Å². The minimum Gasteiger partial charge on any atom is -0.488 e. The van der Waals surface area contributed by atoms with Crippen molar-refractivity contribution in [2.75, 3.05) is 18.1 Å². The Labute approximate surface area is 167 Å². The average Bonchev–Trinajstić information content (AvgIpc) is 3.15. The van der Waals surface area contributed by atoms with E-state index in [1.54, 1.807) is 29.2 Å². The smallest absolute Gasteiger partial charge is 0.315 e. The van der Waals surface area contributed by atoms with E-state index in [0.717, 1.165) is 29.8 Å². The number of nitrogens with zero attached hydrogens (tertiary/aromatic N) is 1. The van der Waals surface area contributed by atoms with Crippen molar-refractivity contribution in [2.24, 2.45) is 0 Å². The number of amides is 3. The molecule has 0 radical (unpaired) electrons. The van der Waals surface area contributed by atoms with Crippen molar-refractivity contribution in [1.29, 1.82) is 0 Å². The first-order chi connectivity index (χ1) is 14.0. The lowest BCUT2D eigenvalue weighted by Gasteiger charge is -2.16. The molecule has 8 heteroatoms. The number of anilines is 1.